The summed E-state index contributed by atoms with van der Waals surface area (Å²) in [6, 6.07) is 7.53. The van der Waals surface area contributed by atoms with E-state index in [2.05, 4.69) is 5.32 Å². The van der Waals surface area contributed by atoms with E-state index in [0.29, 0.717) is 6.61 Å². The molecule has 2 fully saturated rings. The van der Waals surface area contributed by atoms with Crippen LogP contribution in [0, 0.1) is 5.92 Å². The Morgan fingerprint density at radius 3 is 2.68 bits per heavy atom. The molecule has 0 spiro atoms. The summed E-state index contributed by atoms with van der Waals surface area (Å²) in [5.74, 6) is 1.18. The number of amides is 1. The van der Waals surface area contributed by atoms with Gasteiger partial charge in [-0.2, -0.15) is 0 Å². The van der Waals surface area contributed by atoms with Gasteiger partial charge in [-0.25, -0.2) is 0 Å². The number of anilines is 1. The average molecular weight is 261 g/mol. The Hall–Kier alpha value is -1.55. The van der Waals surface area contributed by atoms with Gasteiger partial charge in [0.2, 0.25) is 5.91 Å². The molecule has 1 unspecified atom stereocenters. The molecule has 0 aromatic heterocycles. The molecule has 1 atom stereocenters. The minimum absolute atomic E-state index is 0.132. The van der Waals surface area contributed by atoms with Gasteiger partial charge >= 0.3 is 0 Å². The number of rotatable bonds is 5. The summed E-state index contributed by atoms with van der Waals surface area (Å²) in [4.78, 5) is 11.6. The van der Waals surface area contributed by atoms with Crippen molar-refractivity contribution in [2.75, 3.05) is 18.5 Å². The van der Waals surface area contributed by atoms with Gasteiger partial charge in [0.05, 0.1) is 6.10 Å². The van der Waals surface area contributed by atoms with Gasteiger partial charge in [-0.1, -0.05) is 0 Å². The molecule has 1 N–H and O–H groups in total. The summed E-state index contributed by atoms with van der Waals surface area (Å²) in [5.41, 5.74) is 0.835. The molecule has 4 nitrogen and oxygen atoms in total. The largest absolute Gasteiger partial charge is 0.491 e. The first-order chi connectivity index (χ1) is 9.31. The minimum atomic E-state index is 0.132. The van der Waals surface area contributed by atoms with E-state index in [0.717, 1.165) is 43.7 Å². The summed E-state index contributed by atoms with van der Waals surface area (Å²) in [7, 11) is 0. The molecule has 1 aliphatic carbocycles. The molecule has 1 saturated heterocycles. The highest BCUT2D eigenvalue weighted by Crippen LogP contribution is 2.30. The number of carbonyl (C=O) groups is 1. The highest BCUT2D eigenvalue weighted by atomic mass is 16.5. The van der Waals surface area contributed by atoms with E-state index in [1.807, 2.05) is 24.3 Å². The zero-order valence-electron chi connectivity index (χ0n) is 10.9. The number of hydrogen-bond acceptors (Lipinski definition) is 3. The molecule has 0 radical (unpaired) electrons. The van der Waals surface area contributed by atoms with Gasteiger partial charge in [0, 0.05) is 18.2 Å². The predicted molar refractivity (Wildman–Crippen MR) is 72.3 cm³/mol. The van der Waals surface area contributed by atoms with Gasteiger partial charge in [0.15, 0.2) is 0 Å². The second-order valence-electron chi connectivity index (χ2n) is 5.23. The third kappa shape index (κ3) is 3.47. The second kappa shape index (κ2) is 5.61. The number of carbonyl (C=O) groups excluding carboxylic acids is 1. The molecule has 3 rings (SSSR count). The number of ether oxygens (including phenoxy) is 2. The number of benzene rings is 1. The van der Waals surface area contributed by atoms with Crippen molar-refractivity contribution in [2.24, 2.45) is 5.92 Å². The Bertz CT molecular complexity index is 433. The van der Waals surface area contributed by atoms with Gasteiger partial charge in [-0.15, -0.1) is 0 Å². The van der Waals surface area contributed by atoms with E-state index in [9.17, 15) is 4.79 Å². The Labute approximate surface area is 113 Å². The molecule has 1 amide bonds. The zero-order valence-corrected chi connectivity index (χ0v) is 10.9. The van der Waals surface area contributed by atoms with E-state index in [-0.39, 0.29) is 17.9 Å². The second-order valence-corrected chi connectivity index (χ2v) is 5.23. The van der Waals surface area contributed by atoms with Gasteiger partial charge in [-0.3, -0.25) is 4.79 Å². The lowest BCUT2D eigenvalue weighted by molar-refractivity contribution is -0.117. The topological polar surface area (TPSA) is 47.6 Å². The summed E-state index contributed by atoms with van der Waals surface area (Å²) in [6.45, 7) is 1.45. The highest BCUT2D eigenvalue weighted by molar-refractivity contribution is 5.94. The maximum atomic E-state index is 11.6. The fourth-order valence-electron chi connectivity index (χ4n) is 2.19. The van der Waals surface area contributed by atoms with Crippen molar-refractivity contribution in [1.82, 2.24) is 0 Å². The first kappa shape index (κ1) is 12.5. The monoisotopic (exact) mass is 261 g/mol. The molecule has 1 heterocycles. The Balaban J connectivity index is 1.48. The van der Waals surface area contributed by atoms with E-state index in [1.54, 1.807) is 0 Å². The minimum Gasteiger partial charge on any atom is -0.491 e. The number of hydrogen-bond donors (Lipinski definition) is 1. The van der Waals surface area contributed by atoms with Crippen LogP contribution in [-0.4, -0.2) is 25.2 Å². The van der Waals surface area contributed by atoms with E-state index < -0.39 is 0 Å². The van der Waals surface area contributed by atoms with Crippen molar-refractivity contribution < 1.29 is 14.3 Å². The van der Waals surface area contributed by atoms with Crippen molar-refractivity contribution in [1.29, 1.82) is 0 Å². The van der Waals surface area contributed by atoms with Crippen LogP contribution in [0.25, 0.3) is 0 Å². The van der Waals surface area contributed by atoms with E-state index in [4.69, 9.17) is 9.47 Å². The maximum absolute atomic E-state index is 11.6. The summed E-state index contributed by atoms with van der Waals surface area (Å²) < 4.78 is 11.2. The molecular formula is C15H19NO3. The maximum Gasteiger partial charge on any atom is 0.227 e. The van der Waals surface area contributed by atoms with Crippen molar-refractivity contribution >= 4 is 11.6 Å². The molecule has 1 saturated carbocycles. The SMILES string of the molecule is O=C(Nc1ccc(OCC2CCCO2)cc1)C1CC1. The lowest BCUT2D eigenvalue weighted by Gasteiger charge is -2.12. The summed E-state index contributed by atoms with van der Waals surface area (Å²) >= 11 is 0. The molecule has 1 aromatic rings. The van der Waals surface area contributed by atoms with Gasteiger partial charge in [0.1, 0.15) is 12.4 Å². The van der Waals surface area contributed by atoms with Crippen LogP contribution in [0.5, 0.6) is 5.75 Å². The summed E-state index contributed by atoms with van der Waals surface area (Å²) in [5, 5.41) is 2.91. The number of nitrogens with one attached hydrogen (secondary N) is 1. The van der Waals surface area contributed by atoms with Crippen LogP contribution in [0.3, 0.4) is 0 Å². The standard InChI is InChI=1S/C15H19NO3/c17-15(11-3-4-11)16-12-5-7-13(8-6-12)19-10-14-2-1-9-18-14/h5-8,11,14H,1-4,9-10H2,(H,16,17). The highest BCUT2D eigenvalue weighted by Gasteiger charge is 2.29. The lowest BCUT2D eigenvalue weighted by Crippen LogP contribution is -2.16. The normalized spacial score (nSPS) is 22.2. The van der Waals surface area contributed by atoms with Crippen molar-refractivity contribution in [3.05, 3.63) is 24.3 Å². The van der Waals surface area contributed by atoms with Gasteiger partial charge in [0.25, 0.3) is 0 Å². The van der Waals surface area contributed by atoms with E-state index >= 15 is 0 Å². The zero-order chi connectivity index (χ0) is 13.1. The molecule has 2 aliphatic rings. The van der Waals surface area contributed by atoms with Crippen LogP contribution >= 0.6 is 0 Å². The Kier molecular flexibility index (Phi) is 3.69. The van der Waals surface area contributed by atoms with Crippen LogP contribution in [-0.2, 0) is 9.53 Å². The molecule has 0 bridgehead atoms. The molecule has 4 heteroatoms. The molecular weight excluding hydrogens is 242 g/mol. The van der Waals surface area contributed by atoms with Gasteiger partial charge < -0.3 is 14.8 Å². The third-order valence-corrected chi connectivity index (χ3v) is 3.53. The third-order valence-electron chi connectivity index (χ3n) is 3.53. The van der Waals surface area contributed by atoms with Crippen LogP contribution in [0.4, 0.5) is 5.69 Å². The molecule has 102 valence electrons. The van der Waals surface area contributed by atoms with E-state index in [1.165, 1.54) is 0 Å². The smallest absolute Gasteiger partial charge is 0.227 e. The van der Waals surface area contributed by atoms with Crippen molar-refractivity contribution in [3.8, 4) is 5.75 Å². The van der Waals surface area contributed by atoms with Crippen molar-refractivity contribution in [2.45, 2.75) is 31.8 Å². The first-order valence-electron chi connectivity index (χ1n) is 6.96. The Morgan fingerprint density at radius 2 is 2.05 bits per heavy atom. The fourth-order valence-corrected chi connectivity index (χ4v) is 2.19. The molecule has 1 aliphatic heterocycles. The average Bonchev–Trinajstić information content (AvgIpc) is 3.16. The summed E-state index contributed by atoms with van der Waals surface area (Å²) in [6.07, 6.45) is 4.48. The Morgan fingerprint density at radius 1 is 1.26 bits per heavy atom. The van der Waals surface area contributed by atoms with Crippen LogP contribution in [0.1, 0.15) is 25.7 Å². The van der Waals surface area contributed by atoms with Crippen LogP contribution in [0.2, 0.25) is 0 Å². The molecule has 1 aromatic carbocycles. The van der Waals surface area contributed by atoms with Gasteiger partial charge in [-0.05, 0) is 49.9 Å². The van der Waals surface area contributed by atoms with Crippen molar-refractivity contribution in [3.63, 3.8) is 0 Å². The quantitative estimate of drug-likeness (QED) is 0.886. The predicted octanol–water partition coefficient (Wildman–Crippen LogP) is 2.59. The van der Waals surface area contributed by atoms with Crippen LogP contribution in [0.15, 0.2) is 24.3 Å². The van der Waals surface area contributed by atoms with Crippen LogP contribution < -0.4 is 10.1 Å². The first-order valence-corrected chi connectivity index (χ1v) is 6.96. The lowest BCUT2D eigenvalue weighted by atomic mass is 10.2. The fraction of sp³-hybridized carbons (Fsp3) is 0.533. The molecule has 19 heavy (non-hydrogen) atoms.